The molecule has 130 valence electrons. The molecule has 0 amide bonds. The van der Waals surface area contributed by atoms with E-state index in [1.165, 1.54) is 64.2 Å². The van der Waals surface area contributed by atoms with Crippen LogP contribution < -0.4 is 0 Å². The van der Waals surface area contributed by atoms with Crippen LogP contribution in [0.2, 0.25) is 0 Å². The Labute approximate surface area is 150 Å². The Morgan fingerprint density at radius 3 is 1.54 bits per heavy atom. The maximum Gasteiger partial charge on any atom is 0.353 e. The smallest absolute Gasteiger partial charge is 0.353 e. The van der Waals surface area contributed by atoms with E-state index in [4.69, 9.17) is 21.7 Å². The molecule has 10 atom stereocenters. The van der Waals surface area contributed by atoms with E-state index in [1.54, 1.807) is 0 Å². The number of fused-ring (bicyclic) bond motifs is 3. The largest absolute Gasteiger partial charge is 0.446 e. The summed E-state index contributed by atoms with van der Waals surface area (Å²) in [6.45, 7) is 0. The maximum atomic E-state index is 6.64. The highest BCUT2D eigenvalue weighted by molar-refractivity contribution is 7.79. The van der Waals surface area contributed by atoms with E-state index in [0.717, 1.165) is 47.3 Å². The fraction of sp³-hybridized carbons (Fsp3) is 0.952. The molecular weight excluding hydrogens is 316 g/mol. The van der Waals surface area contributed by atoms with Gasteiger partial charge >= 0.3 is 5.24 Å². The van der Waals surface area contributed by atoms with Crippen LogP contribution in [0.25, 0.3) is 0 Å². The topological polar surface area (TPSA) is 18.5 Å². The van der Waals surface area contributed by atoms with Gasteiger partial charge in [0.2, 0.25) is 0 Å². The molecule has 7 fully saturated rings. The van der Waals surface area contributed by atoms with Crippen molar-refractivity contribution < 1.29 is 9.47 Å². The highest BCUT2D eigenvalue weighted by Crippen LogP contribution is 2.74. The molecule has 0 aromatic rings. The van der Waals surface area contributed by atoms with Crippen molar-refractivity contribution in [3.63, 3.8) is 0 Å². The fourth-order valence-corrected chi connectivity index (χ4v) is 10.2. The quantitative estimate of drug-likeness (QED) is 0.593. The lowest BCUT2D eigenvalue weighted by molar-refractivity contribution is -0.106. The zero-order valence-electron chi connectivity index (χ0n) is 14.4. The third-order valence-corrected chi connectivity index (χ3v) is 10.4. The molecule has 0 N–H and O–H groups in total. The molecule has 7 rings (SSSR count). The lowest BCUT2D eigenvalue weighted by Crippen LogP contribution is -2.57. The summed E-state index contributed by atoms with van der Waals surface area (Å²) < 4.78 is 13.3. The van der Waals surface area contributed by atoms with Crippen molar-refractivity contribution in [2.75, 3.05) is 0 Å². The van der Waals surface area contributed by atoms with Crippen LogP contribution in [-0.2, 0) is 9.47 Å². The van der Waals surface area contributed by atoms with Gasteiger partial charge in [0.1, 0.15) is 0 Å². The molecule has 1 saturated heterocycles. The van der Waals surface area contributed by atoms with Gasteiger partial charge in [-0.15, -0.1) is 0 Å². The Balaban J connectivity index is 1.38. The van der Waals surface area contributed by atoms with Gasteiger partial charge < -0.3 is 9.47 Å². The molecule has 1 aliphatic heterocycles. The molecule has 2 spiro atoms. The first-order valence-electron chi connectivity index (χ1n) is 10.6. The van der Waals surface area contributed by atoms with Crippen LogP contribution in [0, 0.1) is 47.3 Å². The first-order valence-corrected chi connectivity index (χ1v) is 11.0. The van der Waals surface area contributed by atoms with Crippen molar-refractivity contribution in [3.8, 4) is 0 Å². The van der Waals surface area contributed by atoms with Gasteiger partial charge in [-0.2, -0.15) is 0 Å². The zero-order valence-corrected chi connectivity index (χ0v) is 15.2. The molecule has 3 heteroatoms. The third-order valence-electron chi connectivity index (χ3n) is 10.2. The summed E-state index contributed by atoms with van der Waals surface area (Å²) in [6.07, 6.45) is 14.0. The van der Waals surface area contributed by atoms with Crippen molar-refractivity contribution in [1.29, 1.82) is 0 Å². The number of hydrogen-bond acceptors (Lipinski definition) is 3. The molecule has 0 radical (unpaired) electrons. The third kappa shape index (κ3) is 1.29. The van der Waals surface area contributed by atoms with Crippen molar-refractivity contribution >= 4 is 17.5 Å². The Morgan fingerprint density at radius 2 is 1.04 bits per heavy atom. The second kappa shape index (κ2) is 4.15. The van der Waals surface area contributed by atoms with Crippen LogP contribution >= 0.6 is 12.2 Å². The molecule has 0 aromatic carbocycles. The number of rotatable bonds is 0. The first-order chi connectivity index (χ1) is 11.7. The second-order valence-corrected chi connectivity index (χ2v) is 10.7. The minimum atomic E-state index is -0.0293. The van der Waals surface area contributed by atoms with E-state index in [2.05, 4.69) is 0 Å². The predicted octanol–water partition coefficient (Wildman–Crippen LogP) is 4.71. The van der Waals surface area contributed by atoms with Crippen molar-refractivity contribution in [2.45, 2.75) is 75.4 Å². The van der Waals surface area contributed by atoms with E-state index in [1.807, 2.05) is 0 Å². The van der Waals surface area contributed by atoms with Crippen LogP contribution in [-0.4, -0.2) is 16.4 Å². The minimum absolute atomic E-state index is 0.0293. The van der Waals surface area contributed by atoms with Gasteiger partial charge in [-0.25, -0.2) is 0 Å². The lowest BCUT2D eigenvalue weighted by atomic mass is 9.67. The second-order valence-electron chi connectivity index (χ2n) is 10.4. The van der Waals surface area contributed by atoms with Crippen LogP contribution in [0.3, 0.4) is 0 Å². The summed E-state index contributed by atoms with van der Waals surface area (Å²) in [7, 11) is 0. The molecule has 0 bridgehead atoms. The van der Waals surface area contributed by atoms with Gasteiger partial charge in [-0.05, 0) is 99.7 Å². The molecule has 0 aromatic heterocycles. The number of hydrogen-bond donors (Lipinski definition) is 0. The van der Waals surface area contributed by atoms with Crippen LogP contribution in [0.15, 0.2) is 0 Å². The van der Waals surface area contributed by atoms with E-state index < -0.39 is 0 Å². The molecule has 1 heterocycles. The molecule has 0 unspecified atom stereocenters. The average molecular weight is 345 g/mol. The molecule has 6 aliphatic carbocycles. The Kier molecular flexibility index (Phi) is 2.40. The highest BCUT2D eigenvalue weighted by atomic mass is 32.1. The Bertz CT molecular complexity index is 581. The molecule has 24 heavy (non-hydrogen) atoms. The summed E-state index contributed by atoms with van der Waals surface area (Å²) in [5.74, 6) is 7.15. The fourth-order valence-electron chi connectivity index (χ4n) is 9.90. The zero-order chi connectivity index (χ0) is 15.7. The minimum Gasteiger partial charge on any atom is -0.446 e. The van der Waals surface area contributed by atoms with Crippen molar-refractivity contribution in [3.05, 3.63) is 0 Å². The molecule has 2 nitrogen and oxygen atoms in total. The lowest BCUT2D eigenvalue weighted by Gasteiger charge is -2.44. The van der Waals surface area contributed by atoms with Gasteiger partial charge in [-0.1, -0.05) is 0 Å². The van der Waals surface area contributed by atoms with Gasteiger partial charge in [-0.3, -0.25) is 0 Å². The van der Waals surface area contributed by atoms with E-state index >= 15 is 0 Å². The summed E-state index contributed by atoms with van der Waals surface area (Å²) >= 11 is 5.59. The van der Waals surface area contributed by atoms with Crippen LogP contribution in [0.5, 0.6) is 0 Å². The summed E-state index contributed by atoms with van der Waals surface area (Å²) in [6, 6.07) is 0. The molecular formula is C21H28O2S. The summed E-state index contributed by atoms with van der Waals surface area (Å²) in [5.41, 5.74) is -0.0586. The maximum absolute atomic E-state index is 6.64. The average Bonchev–Trinajstić information content (AvgIpc) is 3.32. The predicted molar refractivity (Wildman–Crippen MR) is 94.3 cm³/mol. The molecule has 6 saturated carbocycles. The SMILES string of the molecule is S=C1O[C@]2(C[C@@H]3CC[C@H]4CC[C@@H]2[C@H]43)[C@@]2(C[C@@H]3CC[C@H]4CC[C@H]2[C@H]43)O1. The van der Waals surface area contributed by atoms with Gasteiger partial charge in [0, 0.05) is 24.1 Å². The standard InChI is InChI=1S/C21H28O2S/c24-19-22-20(9-13-3-1-11-5-7-15(20)17(11)13)21(23-19)10-14-4-2-12-6-8-16(21)18(12)14/h11-18H,1-10H2/t11-,12-,13-,14-,15-,16+,17+,18+,20-,21-/m0/s1. The van der Waals surface area contributed by atoms with Crippen LogP contribution in [0.1, 0.15) is 64.2 Å². The van der Waals surface area contributed by atoms with E-state index in [9.17, 15) is 0 Å². The van der Waals surface area contributed by atoms with Gasteiger partial charge in [0.05, 0.1) is 0 Å². The normalized spacial score (nSPS) is 64.9. The summed E-state index contributed by atoms with van der Waals surface area (Å²) in [5, 5.41) is 0.516. The van der Waals surface area contributed by atoms with Gasteiger partial charge in [0.15, 0.2) is 11.2 Å². The Hall–Kier alpha value is -0.310. The summed E-state index contributed by atoms with van der Waals surface area (Å²) in [4.78, 5) is 0. The highest BCUT2D eigenvalue weighted by Gasteiger charge is 2.79. The van der Waals surface area contributed by atoms with Crippen LogP contribution in [0.4, 0.5) is 0 Å². The first kappa shape index (κ1) is 13.8. The monoisotopic (exact) mass is 344 g/mol. The number of ether oxygens (including phenoxy) is 2. The van der Waals surface area contributed by atoms with Crippen molar-refractivity contribution in [2.24, 2.45) is 47.3 Å². The number of thiocarbonyl (C=S) groups is 1. The molecule has 7 aliphatic rings. The van der Waals surface area contributed by atoms with Gasteiger partial charge in [0.25, 0.3) is 0 Å². The van der Waals surface area contributed by atoms with Crippen molar-refractivity contribution in [1.82, 2.24) is 0 Å². The van der Waals surface area contributed by atoms with E-state index in [0.29, 0.717) is 5.24 Å². The van der Waals surface area contributed by atoms with E-state index in [-0.39, 0.29) is 11.2 Å². The Morgan fingerprint density at radius 1 is 0.625 bits per heavy atom.